The molecule has 30 heavy (non-hydrogen) atoms. The van der Waals surface area contributed by atoms with Crippen LogP contribution in [0.2, 0.25) is 0 Å². The summed E-state index contributed by atoms with van der Waals surface area (Å²) in [7, 11) is 0. The van der Waals surface area contributed by atoms with Crippen molar-refractivity contribution in [2.45, 2.75) is 0 Å². The number of carbonyl (C=O) groups is 2. The van der Waals surface area contributed by atoms with Crippen LogP contribution in [0.5, 0.6) is 11.5 Å². The molecule has 2 aromatic rings. The van der Waals surface area contributed by atoms with Gasteiger partial charge in [-0.3, -0.25) is 0 Å². The van der Waals surface area contributed by atoms with Gasteiger partial charge in [0.2, 0.25) is 12.2 Å². The standard InChI is InChI=1S/C20H16N2O8/c23-13-21-15-1-5-17(6-2-15)29-11-19(25)27-9-10-28-20(26)12-30-18-7-3-16(4-8-18)22-14-24/h1-8H,9-12H2. The fourth-order valence-electron chi connectivity index (χ4n) is 2.02. The highest BCUT2D eigenvalue weighted by atomic mass is 16.6. The number of nitrogens with zero attached hydrogens (tertiary/aromatic N) is 2. The molecular formula is C20H16N2O8. The van der Waals surface area contributed by atoms with Crippen LogP contribution in [-0.4, -0.2) is 50.5 Å². The number of benzene rings is 2. The smallest absolute Gasteiger partial charge is 0.344 e. The summed E-state index contributed by atoms with van der Waals surface area (Å²) in [5, 5.41) is 0. The highest BCUT2D eigenvalue weighted by molar-refractivity contribution is 5.72. The van der Waals surface area contributed by atoms with Gasteiger partial charge < -0.3 is 18.9 Å². The van der Waals surface area contributed by atoms with E-state index in [0.29, 0.717) is 22.9 Å². The third kappa shape index (κ3) is 8.18. The van der Waals surface area contributed by atoms with Crippen LogP contribution in [0.3, 0.4) is 0 Å². The number of hydrogen-bond acceptors (Lipinski definition) is 10. The minimum Gasteiger partial charge on any atom is -0.482 e. The predicted octanol–water partition coefficient (Wildman–Crippen LogP) is 2.17. The van der Waals surface area contributed by atoms with Gasteiger partial charge in [0.15, 0.2) is 13.2 Å². The molecular weight excluding hydrogens is 396 g/mol. The summed E-state index contributed by atoms with van der Waals surface area (Å²) in [5.41, 5.74) is 0.824. The Balaban J connectivity index is 1.58. The minimum absolute atomic E-state index is 0.140. The maximum Gasteiger partial charge on any atom is 0.344 e. The van der Waals surface area contributed by atoms with E-state index in [1.165, 1.54) is 60.7 Å². The maximum atomic E-state index is 11.6. The number of isocyanates is 2. The van der Waals surface area contributed by atoms with E-state index in [4.69, 9.17) is 18.9 Å². The Hall–Kier alpha value is -4.26. The monoisotopic (exact) mass is 412 g/mol. The number of carbonyl (C=O) groups excluding carboxylic acids is 4. The molecule has 10 heteroatoms. The van der Waals surface area contributed by atoms with E-state index >= 15 is 0 Å². The lowest BCUT2D eigenvalue weighted by atomic mass is 10.3. The number of aliphatic imine (C=N–C) groups is 2. The van der Waals surface area contributed by atoms with Gasteiger partial charge in [0.25, 0.3) is 0 Å². The number of rotatable bonds is 11. The molecule has 0 bridgehead atoms. The SMILES string of the molecule is O=C=Nc1ccc(OCC(=O)OCCOC(=O)COc2ccc(N=C=O)cc2)cc1. The molecule has 10 nitrogen and oxygen atoms in total. The summed E-state index contributed by atoms with van der Waals surface area (Å²) in [6.45, 7) is -0.951. The zero-order valence-electron chi connectivity index (χ0n) is 15.6. The second-order valence-electron chi connectivity index (χ2n) is 5.41. The molecule has 0 amide bonds. The summed E-state index contributed by atoms with van der Waals surface area (Å²) < 4.78 is 20.2. The zero-order chi connectivity index (χ0) is 21.6. The Morgan fingerprint density at radius 1 is 0.667 bits per heavy atom. The maximum absolute atomic E-state index is 11.6. The van der Waals surface area contributed by atoms with Crippen molar-refractivity contribution in [2.24, 2.45) is 9.98 Å². The van der Waals surface area contributed by atoms with Crippen molar-refractivity contribution in [1.29, 1.82) is 0 Å². The van der Waals surface area contributed by atoms with Gasteiger partial charge in [-0.2, -0.15) is 9.98 Å². The third-order valence-corrected chi connectivity index (χ3v) is 3.35. The van der Waals surface area contributed by atoms with Crippen LogP contribution in [0, 0.1) is 0 Å². The van der Waals surface area contributed by atoms with Crippen molar-refractivity contribution in [2.75, 3.05) is 26.4 Å². The van der Waals surface area contributed by atoms with Gasteiger partial charge in [0, 0.05) is 0 Å². The normalized spacial score (nSPS) is 9.47. The summed E-state index contributed by atoms with van der Waals surface area (Å²) in [6, 6.07) is 12.3. The molecule has 2 aromatic carbocycles. The Kier molecular flexibility index (Phi) is 9.00. The summed E-state index contributed by atoms with van der Waals surface area (Å²) >= 11 is 0. The van der Waals surface area contributed by atoms with E-state index in [1.54, 1.807) is 0 Å². The van der Waals surface area contributed by atoms with Crippen molar-refractivity contribution in [3.8, 4) is 11.5 Å². The summed E-state index contributed by atoms with van der Waals surface area (Å²) in [6.07, 6.45) is 2.83. The highest BCUT2D eigenvalue weighted by Gasteiger charge is 2.07. The van der Waals surface area contributed by atoms with E-state index in [-0.39, 0.29) is 26.4 Å². The minimum atomic E-state index is -0.643. The van der Waals surface area contributed by atoms with Crippen molar-refractivity contribution in [1.82, 2.24) is 0 Å². The molecule has 0 aromatic heterocycles. The first-order chi connectivity index (χ1) is 14.6. The molecule has 0 unspecified atom stereocenters. The molecule has 0 fully saturated rings. The molecule has 0 aliphatic heterocycles. The van der Waals surface area contributed by atoms with Gasteiger partial charge >= 0.3 is 11.9 Å². The second-order valence-corrected chi connectivity index (χ2v) is 5.41. The fourth-order valence-corrected chi connectivity index (χ4v) is 2.02. The number of ether oxygens (including phenoxy) is 4. The molecule has 0 saturated carbocycles. The van der Waals surface area contributed by atoms with Crippen molar-refractivity contribution in [3.63, 3.8) is 0 Å². The van der Waals surface area contributed by atoms with Crippen LogP contribution in [0.15, 0.2) is 58.5 Å². The Morgan fingerprint density at radius 2 is 1.03 bits per heavy atom. The first kappa shape index (κ1) is 22.0. The van der Waals surface area contributed by atoms with Gasteiger partial charge in [-0.15, -0.1) is 0 Å². The van der Waals surface area contributed by atoms with E-state index in [0.717, 1.165) is 0 Å². The number of esters is 2. The predicted molar refractivity (Wildman–Crippen MR) is 101 cm³/mol. The molecule has 0 N–H and O–H groups in total. The van der Waals surface area contributed by atoms with Gasteiger partial charge in [-0.05, 0) is 48.5 Å². The van der Waals surface area contributed by atoms with Crippen molar-refractivity contribution >= 4 is 35.5 Å². The molecule has 2 rings (SSSR count). The van der Waals surface area contributed by atoms with Crippen LogP contribution in [0.1, 0.15) is 0 Å². The quantitative estimate of drug-likeness (QED) is 0.238. The van der Waals surface area contributed by atoms with E-state index in [2.05, 4.69) is 9.98 Å². The van der Waals surface area contributed by atoms with E-state index in [9.17, 15) is 19.2 Å². The average molecular weight is 412 g/mol. The average Bonchev–Trinajstić information content (AvgIpc) is 2.76. The van der Waals surface area contributed by atoms with Crippen LogP contribution < -0.4 is 9.47 Å². The molecule has 0 atom stereocenters. The van der Waals surface area contributed by atoms with Crippen molar-refractivity contribution in [3.05, 3.63) is 48.5 Å². The fraction of sp³-hybridized carbons (Fsp3) is 0.200. The first-order valence-electron chi connectivity index (χ1n) is 8.53. The van der Waals surface area contributed by atoms with Crippen LogP contribution in [0.25, 0.3) is 0 Å². The van der Waals surface area contributed by atoms with E-state index in [1.807, 2.05) is 0 Å². The molecule has 0 radical (unpaired) electrons. The van der Waals surface area contributed by atoms with Crippen molar-refractivity contribution < 1.29 is 38.1 Å². The number of hydrogen-bond donors (Lipinski definition) is 0. The van der Waals surface area contributed by atoms with Crippen LogP contribution in [0.4, 0.5) is 11.4 Å². The van der Waals surface area contributed by atoms with Crippen LogP contribution >= 0.6 is 0 Å². The molecule has 0 heterocycles. The van der Waals surface area contributed by atoms with Gasteiger partial charge in [0.05, 0.1) is 11.4 Å². The molecule has 0 aliphatic rings. The lowest BCUT2D eigenvalue weighted by Crippen LogP contribution is -2.21. The van der Waals surface area contributed by atoms with Gasteiger partial charge in [-0.1, -0.05) is 0 Å². The topological polar surface area (TPSA) is 130 Å². The highest BCUT2D eigenvalue weighted by Crippen LogP contribution is 2.18. The molecule has 154 valence electrons. The lowest BCUT2D eigenvalue weighted by molar-refractivity contribution is -0.154. The summed E-state index contributed by atoms with van der Waals surface area (Å²) in [4.78, 5) is 50.3. The third-order valence-electron chi connectivity index (χ3n) is 3.35. The Labute approximate surface area is 170 Å². The molecule has 0 aliphatic carbocycles. The largest absolute Gasteiger partial charge is 0.482 e. The Morgan fingerprint density at radius 3 is 1.37 bits per heavy atom. The molecule has 0 saturated heterocycles. The first-order valence-corrected chi connectivity index (χ1v) is 8.53. The molecule has 0 spiro atoms. The van der Waals surface area contributed by atoms with E-state index < -0.39 is 11.9 Å². The lowest BCUT2D eigenvalue weighted by Gasteiger charge is -2.09. The van der Waals surface area contributed by atoms with Gasteiger partial charge in [0.1, 0.15) is 24.7 Å². The summed E-state index contributed by atoms with van der Waals surface area (Å²) in [5.74, 6) is -0.497. The second kappa shape index (κ2) is 12.2. The van der Waals surface area contributed by atoms with Gasteiger partial charge in [-0.25, -0.2) is 19.2 Å². The Bertz CT molecular complexity index is 864. The zero-order valence-corrected chi connectivity index (χ0v) is 15.6. The van der Waals surface area contributed by atoms with Crippen LogP contribution in [-0.2, 0) is 28.7 Å².